The lowest BCUT2D eigenvalue weighted by Crippen LogP contribution is -2.35. The van der Waals surface area contributed by atoms with Gasteiger partial charge in [0.2, 0.25) is 0 Å². The fraction of sp³-hybridized carbons (Fsp3) is 0.308. The van der Waals surface area contributed by atoms with Crippen molar-refractivity contribution in [3.63, 3.8) is 0 Å². The topological polar surface area (TPSA) is 68.2 Å². The van der Waals surface area contributed by atoms with E-state index >= 15 is 0 Å². The van der Waals surface area contributed by atoms with Crippen LogP contribution in [0.4, 0.5) is 4.39 Å². The minimum Gasteiger partial charge on any atom is -0.318 e. The molecule has 1 unspecified atom stereocenters. The van der Waals surface area contributed by atoms with Gasteiger partial charge in [0.15, 0.2) is 5.78 Å². The zero-order valence-electron chi connectivity index (χ0n) is 19.7. The number of carbonyl (C=O) groups is 1. The molecule has 2 atom stereocenters. The van der Waals surface area contributed by atoms with Crippen LogP contribution < -0.4 is 10.3 Å². The Morgan fingerprint density at radius 3 is 2.30 bits per heavy atom. The Labute approximate surface area is 196 Å². The maximum Gasteiger partial charge on any atom is 0.250 e. The van der Waals surface area contributed by atoms with Gasteiger partial charge in [-0.15, -0.1) is 0 Å². The summed E-state index contributed by atoms with van der Waals surface area (Å²) in [5.41, 5.74) is 3.54. The Morgan fingerprint density at radius 2 is 1.70 bits per heavy atom. The van der Waals surface area contributed by atoms with E-state index in [2.05, 4.69) is 4.72 Å². The molecule has 1 aromatic heterocycles. The Balaban J connectivity index is 2.18. The van der Waals surface area contributed by atoms with Crippen LogP contribution in [0.2, 0.25) is 0 Å². The normalized spacial score (nSPS) is 13.5. The van der Waals surface area contributed by atoms with Gasteiger partial charge in [-0.2, -0.15) is 0 Å². The fourth-order valence-electron chi connectivity index (χ4n) is 3.46. The highest BCUT2D eigenvalue weighted by Crippen LogP contribution is 2.32. The minimum absolute atomic E-state index is 0.206. The van der Waals surface area contributed by atoms with Gasteiger partial charge in [0.05, 0.1) is 15.7 Å². The molecule has 0 saturated heterocycles. The second kappa shape index (κ2) is 9.53. The van der Waals surface area contributed by atoms with Crippen LogP contribution in [0.3, 0.4) is 0 Å². The van der Waals surface area contributed by atoms with Gasteiger partial charge in [-0.1, -0.05) is 23.8 Å². The smallest absolute Gasteiger partial charge is 0.250 e. The molecular formula is C26H29FN2O3S. The lowest BCUT2D eigenvalue weighted by Gasteiger charge is -2.24. The number of nitrogens with one attached hydrogen (secondary N) is 1. The Morgan fingerprint density at radius 1 is 1.06 bits per heavy atom. The predicted octanol–water partition coefficient (Wildman–Crippen LogP) is 4.84. The molecule has 0 aliphatic heterocycles. The third-order valence-electron chi connectivity index (χ3n) is 5.38. The highest BCUT2D eigenvalue weighted by molar-refractivity contribution is 7.84. The van der Waals surface area contributed by atoms with E-state index in [1.165, 1.54) is 34.9 Å². The van der Waals surface area contributed by atoms with Gasteiger partial charge >= 0.3 is 0 Å². The van der Waals surface area contributed by atoms with E-state index in [9.17, 15) is 18.2 Å². The van der Waals surface area contributed by atoms with Gasteiger partial charge in [0.1, 0.15) is 5.82 Å². The third kappa shape index (κ3) is 5.54. The number of rotatable bonds is 6. The summed E-state index contributed by atoms with van der Waals surface area (Å²) < 4.78 is 30.2. The summed E-state index contributed by atoms with van der Waals surface area (Å²) in [5.74, 6) is -0.661. The van der Waals surface area contributed by atoms with Crippen molar-refractivity contribution in [2.75, 3.05) is 0 Å². The second-order valence-electron chi connectivity index (χ2n) is 9.20. The molecule has 0 aliphatic carbocycles. The van der Waals surface area contributed by atoms with Crippen LogP contribution in [-0.4, -0.2) is 19.3 Å². The summed E-state index contributed by atoms with van der Waals surface area (Å²) in [7, 11) is 0.295. The van der Waals surface area contributed by atoms with Crippen molar-refractivity contribution < 1.29 is 13.4 Å². The number of nitrogens with zero attached hydrogens (tertiary/aromatic N) is 1. The van der Waals surface area contributed by atoms with Crippen LogP contribution in [-0.2, 0) is 18.0 Å². The van der Waals surface area contributed by atoms with E-state index in [1.54, 1.807) is 19.3 Å². The summed E-state index contributed by atoms with van der Waals surface area (Å²) in [5, 5.41) is 0. The van der Waals surface area contributed by atoms with E-state index in [0.717, 1.165) is 5.56 Å². The van der Waals surface area contributed by atoms with Crippen molar-refractivity contribution in [2.45, 2.75) is 45.4 Å². The Hall–Kier alpha value is -2.90. The molecule has 3 rings (SSSR count). The molecular weight excluding hydrogens is 439 g/mol. The van der Waals surface area contributed by atoms with Gasteiger partial charge in [-0.05, 0) is 70.0 Å². The first-order chi connectivity index (χ1) is 15.4. The fourth-order valence-corrected chi connectivity index (χ4v) is 4.27. The summed E-state index contributed by atoms with van der Waals surface area (Å²) in [6, 6.07) is 12.0. The highest BCUT2D eigenvalue weighted by atomic mass is 32.2. The zero-order valence-corrected chi connectivity index (χ0v) is 20.5. The van der Waals surface area contributed by atoms with Gasteiger partial charge in [-0.25, -0.2) is 13.3 Å². The van der Waals surface area contributed by atoms with Gasteiger partial charge < -0.3 is 4.57 Å². The largest absolute Gasteiger partial charge is 0.318 e. The molecule has 0 radical (unpaired) electrons. The maximum absolute atomic E-state index is 13.4. The van der Waals surface area contributed by atoms with Crippen molar-refractivity contribution in [1.82, 2.24) is 9.29 Å². The number of aryl methyl sites for hydroxylation is 2. The molecule has 0 aliphatic rings. The molecule has 5 nitrogen and oxygen atoms in total. The summed E-state index contributed by atoms with van der Waals surface area (Å²) in [6.07, 6.45) is 1.70. The molecule has 33 heavy (non-hydrogen) atoms. The van der Waals surface area contributed by atoms with Gasteiger partial charge in [-0.3, -0.25) is 9.59 Å². The molecule has 0 spiro atoms. The first-order valence-corrected chi connectivity index (χ1v) is 11.8. The number of pyridine rings is 1. The van der Waals surface area contributed by atoms with Crippen LogP contribution in [0.15, 0.2) is 59.5 Å². The molecule has 7 heteroatoms. The van der Waals surface area contributed by atoms with Crippen LogP contribution >= 0.6 is 0 Å². The van der Waals surface area contributed by atoms with E-state index in [0.29, 0.717) is 27.8 Å². The number of aromatic nitrogens is 1. The monoisotopic (exact) mass is 468 g/mol. The number of carbonyl (C=O) groups excluding carboxylic acids is 1. The molecule has 1 heterocycles. The van der Waals surface area contributed by atoms with Crippen LogP contribution in [0.25, 0.3) is 11.1 Å². The minimum atomic E-state index is -1.36. The Kier molecular flexibility index (Phi) is 7.14. The van der Waals surface area contributed by atoms with Crippen molar-refractivity contribution in [3.05, 3.63) is 93.2 Å². The van der Waals surface area contributed by atoms with E-state index in [1.807, 2.05) is 46.8 Å². The van der Waals surface area contributed by atoms with Crippen LogP contribution in [0, 0.1) is 12.7 Å². The van der Waals surface area contributed by atoms with E-state index in [4.69, 9.17) is 0 Å². The standard InChI is InChI=1S/C26H29FN2O3S/c1-16-7-12-20(25(31)18-8-10-19(27)11-9-18)22(13-16)23-15-29(6)24(30)14-21(23)17(2)28-33(32)26(3,4)5/h7-15,17,28H,1-6H3/t17-,33?/m0/s1. The number of ketones is 1. The Bertz CT molecular complexity index is 1270. The molecule has 3 aromatic rings. The zero-order chi connectivity index (χ0) is 24.5. The molecule has 1 N–H and O–H groups in total. The molecule has 0 amide bonds. The quantitative estimate of drug-likeness (QED) is 0.526. The van der Waals surface area contributed by atoms with Crippen molar-refractivity contribution in [2.24, 2.45) is 7.05 Å². The third-order valence-corrected chi connectivity index (χ3v) is 7.06. The first kappa shape index (κ1) is 24.7. The van der Waals surface area contributed by atoms with E-state index < -0.39 is 27.6 Å². The maximum atomic E-state index is 13.4. The van der Waals surface area contributed by atoms with Crippen molar-refractivity contribution in [3.8, 4) is 11.1 Å². The number of hydrogen-bond donors (Lipinski definition) is 1. The van der Waals surface area contributed by atoms with E-state index in [-0.39, 0.29) is 11.3 Å². The average Bonchev–Trinajstić information content (AvgIpc) is 2.74. The lowest BCUT2D eigenvalue weighted by molar-refractivity contribution is 0.103. The van der Waals surface area contributed by atoms with Crippen LogP contribution in [0.5, 0.6) is 0 Å². The number of hydrogen-bond acceptors (Lipinski definition) is 3. The predicted molar refractivity (Wildman–Crippen MR) is 131 cm³/mol. The second-order valence-corrected chi connectivity index (χ2v) is 11.2. The average molecular weight is 469 g/mol. The van der Waals surface area contributed by atoms with Crippen molar-refractivity contribution in [1.29, 1.82) is 0 Å². The molecule has 0 saturated carbocycles. The number of halogens is 1. The molecule has 0 bridgehead atoms. The molecule has 2 aromatic carbocycles. The molecule has 0 fully saturated rings. The SMILES string of the molecule is Cc1ccc(C(=O)c2ccc(F)cc2)c(-c2cn(C)c(=O)cc2[C@H](C)NS(=O)C(C)(C)C)c1. The van der Waals surface area contributed by atoms with Crippen LogP contribution in [0.1, 0.15) is 60.8 Å². The van der Waals surface area contributed by atoms with Gasteiger partial charge in [0.25, 0.3) is 5.56 Å². The highest BCUT2D eigenvalue weighted by Gasteiger charge is 2.25. The summed E-state index contributed by atoms with van der Waals surface area (Å²) in [4.78, 5) is 25.9. The van der Waals surface area contributed by atoms with Gasteiger partial charge in [0, 0.05) is 42.0 Å². The molecule has 174 valence electrons. The number of benzene rings is 2. The first-order valence-electron chi connectivity index (χ1n) is 10.7. The summed E-state index contributed by atoms with van der Waals surface area (Å²) in [6.45, 7) is 9.38. The summed E-state index contributed by atoms with van der Waals surface area (Å²) >= 11 is 0. The lowest BCUT2D eigenvalue weighted by atomic mass is 9.89. The van der Waals surface area contributed by atoms with Crippen molar-refractivity contribution >= 4 is 16.8 Å².